The Morgan fingerprint density at radius 3 is 2.76 bits per heavy atom. The highest BCUT2D eigenvalue weighted by molar-refractivity contribution is 5.96. The molecular formula is C22H28N6O. The number of rotatable bonds is 6. The van der Waals surface area contributed by atoms with Crippen molar-refractivity contribution in [2.75, 3.05) is 26.2 Å². The molecule has 0 bridgehead atoms. The van der Waals surface area contributed by atoms with Crippen LogP contribution >= 0.6 is 0 Å². The number of nitrogens with one attached hydrogen (secondary N) is 1. The lowest BCUT2D eigenvalue weighted by molar-refractivity contribution is 0.0951. The van der Waals surface area contributed by atoms with Crippen molar-refractivity contribution >= 4 is 17.1 Å². The number of nitrogens with zero attached hydrogens (tertiary/aromatic N) is 5. The predicted molar refractivity (Wildman–Crippen MR) is 113 cm³/mol. The highest BCUT2D eigenvalue weighted by Gasteiger charge is 2.16. The summed E-state index contributed by atoms with van der Waals surface area (Å²) in [5.41, 5.74) is 3.77. The molecule has 0 saturated carbocycles. The van der Waals surface area contributed by atoms with Gasteiger partial charge in [0.15, 0.2) is 5.65 Å². The molecule has 0 radical (unpaired) electrons. The van der Waals surface area contributed by atoms with Crippen LogP contribution < -0.4 is 5.32 Å². The fraction of sp³-hybridized carbons (Fsp3) is 0.455. The second-order valence-corrected chi connectivity index (χ2v) is 7.66. The van der Waals surface area contributed by atoms with Gasteiger partial charge in [0.2, 0.25) is 0 Å². The molecule has 1 saturated heterocycles. The minimum absolute atomic E-state index is 0.0439. The van der Waals surface area contributed by atoms with Crippen LogP contribution in [0.4, 0.5) is 0 Å². The number of hydrogen-bond acceptors (Lipinski definition) is 5. The summed E-state index contributed by atoms with van der Waals surface area (Å²) in [5.74, 6) is -0.0439. The molecule has 0 atom stereocenters. The summed E-state index contributed by atoms with van der Waals surface area (Å²) in [7, 11) is 0. The SMILES string of the molecule is Cc1c(C(=O)NCCCN2CCCCCC2)cccc1-n1nnc2cccnc21. The van der Waals surface area contributed by atoms with Crippen molar-refractivity contribution in [1.82, 2.24) is 30.2 Å². The molecule has 7 heteroatoms. The summed E-state index contributed by atoms with van der Waals surface area (Å²) >= 11 is 0. The molecule has 29 heavy (non-hydrogen) atoms. The highest BCUT2D eigenvalue weighted by Crippen LogP contribution is 2.20. The number of aromatic nitrogens is 4. The molecule has 1 amide bonds. The van der Waals surface area contributed by atoms with Crippen LogP contribution in [0.15, 0.2) is 36.5 Å². The van der Waals surface area contributed by atoms with E-state index in [1.807, 2.05) is 37.3 Å². The molecule has 1 N–H and O–H groups in total. The Labute approximate surface area is 171 Å². The number of benzene rings is 1. The van der Waals surface area contributed by atoms with Gasteiger partial charge in [-0.25, -0.2) is 4.98 Å². The van der Waals surface area contributed by atoms with Crippen LogP contribution in [0.1, 0.15) is 48.0 Å². The molecule has 1 aliphatic heterocycles. The van der Waals surface area contributed by atoms with Crippen LogP contribution in [0.3, 0.4) is 0 Å². The van der Waals surface area contributed by atoms with E-state index in [9.17, 15) is 4.79 Å². The number of hydrogen-bond donors (Lipinski definition) is 1. The van der Waals surface area contributed by atoms with Crippen molar-refractivity contribution < 1.29 is 4.79 Å². The second-order valence-electron chi connectivity index (χ2n) is 7.66. The van der Waals surface area contributed by atoms with E-state index in [2.05, 4.69) is 25.5 Å². The number of carbonyl (C=O) groups excluding carboxylic acids is 1. The van der Waals surface area contributed by atoms with E-state index in [0.717, 1.165) is 29.7 Å². The van der Waals surface area contributed by atoms with Gasteiger partial charge in [0.25, 0.3) is 5.91 Å². The van der Waals surface area contributed by atoms with E-state index >= 15 is 0 Å². The van der Waals surface area contributed by atoms with Gasteiger partial charge < -0.3 is 10.2 Å². The average molecular weight is 393 g/mol. The maximum absolute atomic E-state index is 12.8. The molecule has 152 valence electrons. The number of carbonyl (C=O) groups is 1. The Balaban J connectivity index is 1.41. The Kier molecular flexibility index (Phi) is 6.14. The average Bonchev–Trinajstić information content (AvgIpc) is 2.99. The smallest absolute Gasteiger partial charge is 0.251 e. The van der Waals surface area contributed by atoms with Gasteiger partial charge >= 0.3 is 0 Å². The normalized spacial score (nSPS) is 15.3. The van der Waals surface area contributed by atoms with Crippen LogP contribution in [-0.4, -0.2) is 57.0 Å². The van der Waals surface area contributed by atoms with Gasteiger partial charge in [-0.2, -0.15) is 4.68 Å². The van der Waals surface area contributed by atoms with Gasteiger partial charge in [-0.15, -0.1) is 5.10 Å². The third-order valence-electron chi connectivity index (χ3n) is 5.62. The maximum atomic E-state index is 12.8. The Morgan fingerprint density at radius 1 is 1.10 bits per heavy atom. The zero-order valence-corrected chi connectivity index (χ0v) is 17.0. The fourth-order valence-corrected chi connectivity index (χ4v) is 3.99. The third-order valence-corrected chi connectivity index (χ3v) is 5.62. The monoisotopic (exact) mass is 392 g/mol. The van der Waals surface area contributed by atoms with E-state index in [1.54, 1.807) is 10.9 Å². The Bertz CT molecular complexity index is 974. The van der Waals surface area contributed by atoms with E-state index in [-0.39, 0.29) is 5.91 Å². The number of pyridine rings is 1. The van der Waals surface area contributed by atoms with Gasteiger partial charge in [-0.05, 0) is 75.6 Å². The molecule has 7 nitrogen and oxygen atoms in total. The summed E-state index contributed by atoms with van der Waals surface area (Å²) in [4.78, 5) is 19.7. The molecule has 1 aromatic carbocycles. The minimum Gasteiger partial charge on any atom is -0.352 e. The van der Waals surface area contributed by atoms with Crippen molar-refractivity contribution in [1.29, 1.82) is 0 Å². The lowest BCUT2D eigenvalue weighted by Crippen LogP contribution is -2.31. The summed E-state index contributed by atoms with van der Waals surface area (Å²) < 4.78 is 1.70. The van der Waals surface area contributed by atoms with Crippen molar-refractivity contribution in [2.24, 2.45) is 0 Å². The first-order valence-corrected chi connectivity index (χ1v) is 10.5. The molecule has 3 aromatic rings. The third kappa shape index (κ3) is 4.45. The largest absolute Gasteiger partial charge is 0.352 e. The molecule has 0 aliphatic carbocycles. The molecular weight excluding hydrogens is 364 g/mol. The van der Waals surface area contributed by atoms with Crippen molar-refractivity contribution in [2.45, 2.75) is 39.0 Å². The van der Waals surface area contributed by atoms with Crippen molar-refractivity contribution in [3.05, 3.63) is 47.7 Å². The standard InChI is InChI=1S/C22H28N6O/c1-17-18(22(29)24-13-8-16-27-14-4-2-3-5-15-27)9-6-11-20(17)28-21-19(25-26-28)10-7-12-23-21/h6-7,9-12H,2-5,8,13-16H2,1H3,(H,24,29). The summed E-state index contributed by atoms with van der Waals surface area (Å²) in [5, 5.41) is 11.5. The van der Waals surface area contributed by atoms with Crippen molar-refractivity contribution in [3.63, 3.8) is 0 Å². The first kappa shape index (κ1) is 19.5. The van der Waals surface area contributed by atoms with Gasteiger partial charge in [0.1, 0.15) is 5.52 Å². The first-order valence-electron chi connectivity index (χ1n) is 10.5. The van der Waals surface area contributed by atoms with E-state index in [0.29, 0.717) is 17.8 Å². The fourth-order valence-electron chi connectivity index (χ4n) is 3.99. The van der Waals surface area contributed by atoms with Gasteiger partial charge in [-0.3, -0.25) is 4.79 Å². The first-order chi connectivity index (χ1) is 14.2. The Hall–Kier alpha value is -2.80. The number of likely N-dealkylation sites (tertiary alicyclic amines) is 1. The molecule has 2 aromatic heterocycles. The number of fused-ring (bicyclic) bond motifs is 1. The molecule has 0 spiro atoms. The number of amides is 1. The summed E-state index contributed by atoms with van der Waals surface area (Å²) in [6.45, 7) is 6.06. The summed E-state index contributed by atoms with van der Waals surface area (Å²) in [6, 6.07) is 9.39. The lowest BCUT2D eigenvalue weighted by Gasteiger charge is -2.19. The molecule has 1 aliphatic rings. The highest BCUT2D eigenvalue weighted by atomic mass is 16.1. The van der Waals surface area contributed by atoms with Crippen LogP contribution in [0.25, 0.3) is 16.9 Å². The second kappa shape index (κ2) is 9.13. The zero-order chi connectivity index (χ0) is 20.1. The van der Waals surface area contributed by atoms with Crippen LogP contribution in [-0.2, 0) is 0 Å². The minimum atomic E-state index is -0.0439. The molecule has 3 heterocycles. The van der Waals surface area contributed by atoms with E-state index in [1.165, 1.54) is 38.8 Å². The van der Waals surface area contributed by atoms with E-state index in [4.69, 9.17) is 0 Å². The molecule has 1 fully saturated rings. The lowest BCUT2D eigenvalue weighted by atomic mass is 10.1. The molecule has 0 unspecified atom stereocenters. The zero-order valence-electron chi connectivity index (χ0n) is 17.0. The topological polar surface area (TPSA) is 75.9 Å². The predicted octanol–water partition coefficient (Wildman–Crippen LogP) is 3.12. The van der Waals surface area contributed by atoms with E-state index < -0.39 is 0 Å². The van der Waals surface area contributed by atoms with Gasteiger partial charge in [0, 0.05) is 18.3 Å². The van der Waals surface area contributed by atoms with Crippen LogP contribution in [0, 0.1) is 6.92 Å². The summed E-state index contributed by atoms with van der Waals surface area (Å²) in [6.07, 6.45) is 7.98. The molecule has 4 rings (SSSR count). The van der Waals surface area contributed by atoms with Crippen molar-refractivity contribution in [3.8, 4) is 5.69 Å². The van der Waals surface area contributed by atoms with Crippen LogP contribution in [0.2, 0.25) is 0 Å². The Morgan fingerprint density at radius 2 is 1.93 bits per heavy atom. The quantitative estimate of drug-likeness (QED) is 0.652. The van der Waals surface area contributed by atoms with Crippen LogP contribution in [0.5, 0.6) is 0 Å². The van der Waals surface area contributed by atoms with Gasteiger partial charge in [0.05, 0.1) is 5.69 Å². The maximum Gasteiger partial charge on any atom is 0.251 e. The van der Waals surface area contributed by atoms with Gasteiger partial charge in [-0.1, -0.05) is 24.1 Å².